The van der Waals surface area contributed by atoms with Gasteiger partial charge in [0.2, 0.25) is 11.8 Å². The molecular formula is C24H29N3O3S. The highest BCUT2D eigenvalue weighted by atomic mass is 32.2. The van der Waals surface area contributed by atoms with Gasteiger partial charge in [-0.05, 0) is 43.7 Å². The summed E-state index contributed by atoms with van der Waals surface area (Å²) in [6, 6.07) is 15.2. The number of para-hydroxylation sites is 1. The number of nitrogens with one attached hydrogen (secondary N) is 1. The molecule has 7 heteroatoms. The molecule has 164 valence electrons. The Morgan fingerprint density at radius 2 is 1.77 bits per heavy atom. The molecule has 0 radical (unpaired) electrons. The molecule has 1 N–H and O–H groups in total. The molecule has 0 aromatic heterocycles. The monoisotopic (exact) mass is 439 g/mol. The summed E-state index contributed by atoms with van der Waals surface area (Å²) in [5.74, 6) is 0.648. The van der Waals surface area contributed by atoms with E-state index in [2.05, 4.69) is 5.32 Å². The molecule has 2 aromatic rings. The molecule has 1 aliphatic rings. The van der Waals surface area contributed by atoms with Crippen molar-refractivity contribution in [1.29, 1.82) is 0 Å². The largest absolute Gasteiger partial charge is 0.352 e. The van der Waals surface area contributed by atoms with Crippen LogP contribution >= 0.6 is 11.8 Å². The van der Waals surface area contributed by atoms with Crippen molar-refractivity contribution in [2.75, 3.05) is 24.2 Å². The summed E-state index contributed by atoms with van der Waals surface area (Å²) in [5, 5.41) is 2.86. The molecule has 2 aromatic carbocycles. The average molecular weight is 440 g/mol. The molecule has 0 fully saturated rings. The minimum Gasteiger partial charge on any atom is -0.352 e. The van der Waals surface area contributed by atoms with E-state index in [0.29, 0.717) is 18.7 Å². The van der Waals surface area contributed by atoms with Gasteiger partial charge in [-0.1, -0.05) is 24.3 Å². The Kier molecular flexibility index (Phi) is 7.74. The Labute approximate surface area is 188 Å². The maximum atomic E-state index is 12.6. The zero-order valence-electron chi connectivity index (χ0n) is 18.3. The third kappa shape index (κ3) is 5.88. The smallest absolute Gasteiger partial charge is 0.253 e. The summed E-state index contributed by atoms with van der Waals surface area (Å²) < 4.78 is 0. The minimum atomic E-state index is -0.160. The van der Waals surface area contributed by atoms with Crippen LogP contribution in [0.5, 0.6) is 0 Å². The topological polar surface area (TPSA) is 69.7 Å². The Morgan fingerprint density at radius 3 is 2.48 bits per heavy atom. The lowest BCUT2D eigenvalue weighted by Crippen LogP contribution is -2.36. The minimum absolute atomic E-state index is 0.0261. The molecule has 0 bridgehead atoms. The number of carbonyl (C=O) groups excluding carboxylic acids is 3. The van der Waals surface area contributed by atoms with Crippen molar-refractivity contribution in [2.24, 2.45) is 0 Å². The molecule has 0 aliphatic carbocycles. The first-order valence-electron chi connectivity index (χ1n) is 10.5. The third-order valence-electron chi connectivity index (χ3n) is 5.38. The number of carbonyl (C=O) groups is 3. The summed E-state index contributed by atoms with van der Waals surface area (Å²) in [6.45, 7) is 4.97. The fraction of sp³-hybridized carbons (Fsp3) is 0.375. The highest BCUT2D eigenvalue weighted by molar-refractivity contribution is 7.99. The lowest BCUT2D eigenvalue weighted by atomic mass is 10.1. The lowest BCUT2D eigenvalue weighted by molar-refractivity contribution is -0.125. The van der Waals surface area contributed by atoms with Crippen LogP contribution in [0.4, 0.5) is 5.69 Å². The standard InChI is InChI=1S/C24H29N3O3S/c1-17(2)26(3)24(30)19-10-8-18(9-11-19)16-25-22(28)12-13-23(29)27-14-15-31-21-7-5-4-6-20(21)27/h4-11,17H,12-16H2,1-3H3,(H,25,28). The van der Waals surface area contributed by atoms with Gasteiger partial charge in [-0.25, -0.2) is 0 Å². The van der Waals surface area contributed by atoms with Crippen molar-refractivity contribution < 1.29 is 14.4 Å². The summed E-state index contributed by atoms with van der Waals surface area (Å²) in [6.07, 6.45) is 0.334. The van der Waals surface area contributed by atoms with E-state index in [1.807, 2.05) is 50.2 Å². The first-order chi connectivity index (χ1) is 14.9. The van der Waals surface area contributed by atoms with Crippen molar-refractivity contribution in [1.82, 2.24) is 10.2 Å². The molecule has 0 saturated heterocycles. The van der Waals surface area contributed by atoms with Crippen molar-refractivity contribution >= 4 is 35.2 Å². The Morgan fingerprint density at radius 1 is 1.06 bits per heavy atom. The zero-order chi connectivity index (χ0) is 22.4. The van der Waals surface area contributed by atoms with E-state index in [4.69, 9.17) is 0 Å². The summed E-state index contributed by atoms with van der Waals surface area (Å²) in [7, 11) is 1.78. The molecule has 0 saturated carbocycles. The molecule has 1 heterocycles. The van der Waals surface area contributed by atoms with Gasteiger partial charge in [0.25, 0.3) is 5.91 Å². The average Bonchev–Trinajstić information content (AvgIpc) is 2.80. The van der Waals surface area contributed by atoms with E-state index in [1.54, 1.807) is 40.7 Å². The number of nitrogens with zero attached hydrogens (tertiary/aromatic N) is 2. The van der Waals surface area contributed by atoms with Crippen molar-refractivity contribution in [3.8, 4) is 0 Å². The second kappa shape index (κ2) is 10.5. The predicted octanol–water partition coefficient (Wildman–Crippen LogP) is 3.70. The van der Waals surface area contributed by atoms with Gasteiger partial charge >= 0.3 is 0 Å². The van der Waals surface area contributed by atoms with Crippen LogP contribution in [-0.2, 0) is 16.1 Å². The van der Waals surface area contributed by atoms with Gasteiger partial charge in [-0.15, -0.1) is 11.8 Å². The van der Waals surface area contributed by atoms with Crippen LogP contribution in [-0.4, -0.2) is 48.0 Å². The van der Waals surface area contributed by atoms with Crippen LogP contribution < -0.4 is 10.2 Å². The van der Waals surface area contributed by atoms with E-state index in [-0.39, 0.29) is 36.6 Å². The predicted molar refractivity (Wildman–Crippen MR) is 124 cm³/mol. The Bertz CT molecular complexity index is 943. The molecule has 31 heavy (non-hydrogen) atoms. The maximum Gasteiger partial charge on any atom is 0.253 e. The third-order valence-corrected chi connectivity index (χ3v) is 6.42. The number of rotatable bonds is 7. The summed E-state index contributed by atoms with van der Waals surface area (Å²) in [4.78, 5) is 41.8. The van der Waals surface area contributed by atoms with E-state index >= 15 is 0 Å². The first kappa shape index (κ1) is 22.9. The number of thioether (sulfide) groups is 1. The lowest BCUT2D eigenvalue weighted by Gasteiger charge is -2.29. The van der Waals surface area contributed by atoms with Crippen LogP contribution in [0.2, 0.25) is 0 Å². The molecule has 0 atom stereocenters. The highest BCUT2D eigenvalue weighted by Gasteiger charge is 2.22. The fourth-order valence-corrected chi connectivity index (χ4v) is 4.27. The van der Waals surface area contributed by atoms with Gasteiger partial charge in [0.05, 0.1) is 5.69 Å². The second-order valence-corrected chi connectivity index (χ2v) is 8.98. The number of benzene rings is 2. The maximum absolute atomic E-state index is 12.6. The van der Waals surface area contributed by atoms with Crippen LogP contribution in [0.15, 0.2) is 53.4 Å². The van der Waals surface area contributed by atoms with Gasteiger partial charge in [0, 0.05) is 55.2 Å². The quantitative estimate of drug-likeness (QED) is 0.714. The van der Waals surface area contributed by atoms with Gasteiger partial charge in [-0.2, -0.15) is 0 Å². The molecular weight excluding hydrogens is 410 g/mol. The molecule has 1 aliphatic heterocycles. The van der Waals surface area contributed by atoms with E-state index in [0.717, 1.165) is 21.9 Å². The Hall–Kier alpha value is -2.80. The van der Waals surface area contributed by atoms with Crippen molar-refractivity contribution in [3.63, 3.8) is 0 Å². The molecule has 6 nitrogen and oxygen atoms in total. The first-order valence-corrected chi connectivity index (χ1v) is 11.5. The summed E-state index contributed by atoms with van der Waals surface area (Å²) in [5.41, 5.74) is 2.46. The normalized spacial score (nSPS) is 13.0. The van der Waals surface area contributed by atoms with Crippen LogP contribution in [0.25, 0.3) is 0 Å². The van der Waals surface area contributed by atoms with Gasteiger partial charge < -0.3 is 15.1 Å². The molecule has 0 spiro atoms. The van der Waals surface area contributed by atoms with E-state index in [9.17, 15) is 14.4 Å². The molecule has 0 unspecified atom stereocenters. The number of hydrogen-bond acceptors (Lipinski definition) is 4. The van der Waals surface area contributed by atoms with Crippen LogP contribution in [0.1, 0.15) is 42.6 Å². The van der Waals surface area contributed by atoms with Crippen molar-refractivity contribution in [3.05, 3.63) is 59.7 Å². The van der Waals surface area contributed by atoms with Crippen LogP contribution in [0, 0.1) is 0 Å². The fourth-order valence-electron chi connectivity index (χ4n) is 3.28. The van der Waals surface area contributed by atoms with Gasteiger partial charge in [0.15, 0.2) is 0 Å². The molecule has 3 rings (SSSR count). The second-order valence-electron chi connectivity index (χ2n) is 7.85. The number of hydrogen-bond donors (Lipinski definition) is 1. The number of anilines is 1. The van der Waals surface area contributed by atoms with E-state index < -0.39 is 0 Å². The van der Waals surface area contributed by atoms with Gasteiger partial charge in [-0.3, -0.25) is 14.4 Å². The molecule has 3 amide bonds. The van der Waals surface area contributed by atoms with Crippen molar-refractivity contribution in [2.45, 2.75) is 44.2 Å². The van der Waals surface area contributed by atoms with Gasteiger partial charge in [0.1, 0.15) is 0 Å². The highest BCUT2D eigenvalue weighted by Crippen LogP contribution is 2.34. The van der Waals surface area contributed by atoms with E-state index in [1.165, 1.54) is 0 Å². The number of fused-ring (bicyclic) bond motifs is 1. The summed E-state index contributed by atoms with van der Waals surface area (Å²) >= 11 is 1.75. The Balaban J connectivity index is 1.47. The zero-order valence-corrected chi connectivity index (χ0v) is 19.1. The van der Waals surface area contributed by atoms with Crippen LogP contribution in [0.3, 0.4) is 0 Å². The number of amides is 3. The SMILES string of the molecule is CC(C)N(C)C(=O)c1ccc(CNC(=O)CCC(=O)N2CCSc3ccccc32)cc1.